The second-order valence-corrected chi connectivity index (χ2v) is 3.66. The molecule has 2 rings (SSSR count). The van der Waals surface area contributed by atoms with Crippen LogP contribution in [0.5, 0.6) is 0 Å². The van der Waals surface area contributed by atoms with E-state index >= 15 is 0 Å². The van der Waals surface area contributed by atoms with E-state index < -0.39 is 0 Å². The Bertz CT molecular complexity index is 372. The number of aromatic amines is 1. The van der Waals surface area contributed by atoms with Crippen LogP contribution < -0.4 is 16.4 Å². The van der Waals surface area contributed by atoms with Crippen molar-refractivity contribution in [2.45, 2.75) is 25.3 Å². The summed E-state index contributed by atoms with van der Waals surface area (Å²) in [4.78, 5) is 14.0. The highest BCUT2D eigenvalue weighted by molar-refractivity contribution is 5.23. The van der Waals surface area contributed by atoms with E-state index in [9.17, 15) is 4.79 Å². The molecule has 0 aromatic carbocycles. The summed E-state index contributed by atoms with van der Waals surface area (Å²) < 4.78 is 0. The molecular formula is C10H15N3O. The van der Waals surface area contributed by atoms with Gasteiger partial charge in [-0.1, -0.05) is 6.07 Å². The summed E-state index contributed by atoms with van der Waals surface area (Å²) >= 11 is 0. The molecule has 0 spiro atoms. The van der Waals surface area contributed by atoms with Crippen molar-refractivity contribution in [2.75, 3.05) is 7.05 Å². The summed E-state index contributed by atoms with van der Waals surface area (Å²) in [6, 6.07) is 4.00. The molecule has 0 saturated carbocycles. The van der Waals surface area contributed by atoms with Crippen LogP contribution in [0.25, 0.3) is 0 Å². The van der Waals surface area contributed by atoms with E-state index in [2.05, 4.69) is 15.8 Å². The molecule has 0 amide bonds. The van der Waals surface area contributed by atoms with Crippen LogP contribution in [0, 0.1) is 0 Å². The Kier molecular flexibility index (Phi) is 2.65. The van der Waals surface area contributed by atoms with Crippen LogP contribution in [0.2, 0.25) is 0 Å². The standard InChI is InChI=1S/C10H15N3O/c1-11-13-8-3-4-9-7(6-8)2-5-10(14)12-9/h2,5,8,11,13H,3-4,6H2,1H3,(H,12,14). The number of hydrogen-bond donors (Lipinski definition) is 3. The summed E-state index contributed by atoms with van der Waals surface area (Å²) in [5.41, 5.74) is 8.52. The molecule has 0 saturated heterocycles. The van der Waals surface area contributed by atoms with Crippen molar-refractivity contribution in [2.24, 2.45) is 0 Å². The first kappa shape index (κ1) is 9.43. The summed E-state index contributed by atoms with van der Waals surface area (Å²) in [6.45, 7) is 0. The number of hydrazine groups is 1. The van der Waals surface area contributed by atoms with E-state index in [1.165, 1.54) is 5.56 Å². The molecule has 1 heterocycles. The lowest BCUT2D eigenvalue weighted by Gasteiger charge is -2.24. The minimum atomic E-state index is 0.00350. The van der Waals surface area contributed by atoms with Crippen LogP contribution in [0.15, 0.2) is 16.9 Å². The molecule has 4 heteroatoms. The van der Waals surface area contributed by atoms with Gasteiger partial charge >= 0.3 is 0 Å². The summed E-state index contributed by atoms with van der Waals surface area (Å²) in [5, 5.41) is 0. The van der Waals surface area contributed by atoms with Crippen LogP contribution in [-0.4, -0.2) is 18.1 Å². The van der Waals surface area contributed by atoms with Crippen LogP contribution >= 0.6 is 0 Å². The van der Waals surface area contributed by atoms with E-state index in [4.69, 9.17) is 0 Å². The second kappa shape index (κ2) is 3.94. The highest BCUT2D eigenvalue weighted by Gasteiger charge is 2.17. The van der Waals surface area contributed by atoms with Crippen molar-refractivity contribution in [1.82, 2.24) is 15.8 Å². The normalized spacial score (nSPS) is 20.5. The third-order valence-electron chi connectivity index (χ3n) is 2.66. The molecule has 1 unspecified atom stereocenters. The van der Waals surface area contributed by atoms with Gasteiger partial charge in [0.15, 0.2) is 0 Å². The lowest BCUT2D eigenvalue weighted by atomic mass is 9.92. The smallest absolute Gasteiger partial charge is 0.248 e. The minimum Gasteiger partial charge on any atom is -0.326 e. The summed E-state index contributed by atoms with van der Waals surface area (Å²) in [7, 11) is 1.88. The lowest BCUT2D eigenvalue weighted by Crippen LogP contribution is -2.42. The van der Waals surface area contributed by atoms with E-state index in [-0.39, 0.29) is 5.56 Å². The predicted molar refractivity (Wildman–Crippen MR) is 55.1 cm³/mol. The van der Waals surface area contributed by atoms with Crippen molar-refractivity contribution in [3.8, 4) is 0 Å². The molecule has 76 valence electrons. The zero-order valence-corrected chi connectivity index (χ0v) is 8.26. The first-order valence-corrected chi connectivity index (χ1v) is 4.93. The molecule has 0 bridgehead atoms. The monoisotopic (exact) mass is 193 g/mol. The average molecular weight is 193 g/mol. The number of rotatable bonds is 2. The fourth-order valence-corrected chi connectivity index (χ4v) is 1.98. The molecular weight excluding hydrogens is 178 g/mol. The molecule has 1 aromatic heterocycles. The van der Waals surface area contributed by atoms with Gasteiger partial charge in [0.25, 0.3) is 0 Å². The van der Waals surface area contributed by atoms with E-state index in [1.807, 2.05) is 13.1 Å². The highest BCUT2D eigenvalue weighted by Crippen LogP contribution is 2.17. The van der Waals surface area contributed by atoms with Gasteiger partial charge in [-0.25, -0.2) is 0 Å². The number of pyridine rings is 1. The van der Waals surface area contributed by atoms with Gasteiger partial charge in [0.05, 0.1) is 0 Å². The average Bonchev–Trinajstić information content (AvgIpc) is 2.19. The fourth-order valence-electron chi connectivity index (χ4n) is 1.98. The molecule has 14 heavy (non-hydrogen) atoms. The SMILES string of the molecule is CNNC1CCc2[nH]c(=O)ccc2C1. The molecule has 1 aromatic rings. The first-order valence-electron chi connectivity index (χ1n) is 4.93. The number of nitrogens with one attached hydrogen (secondary N) is 3. The molecule has 0 fully saturated rings. The third-order valence-corrected chi connectivity index (χ3v) is 2.66. The minimum absolute atomic E-state index is 0.00350. The van der Waals surface area contributed by atoms with Gasteiger partial charge in [-0.15, -0.1) is 0 Å². The maximum absolute atomic E-state index is 11.1. The van der Waals surface area contributed by atoms with Gasteiger partial charge < -0.3 is 4.98 Å². The number of aryl methyl sites for hydroxylation is 1. The van der Waals surface area contributed by atoms with Gasteiger partial charge in [0, 0.05) is 17.8 Å². The molecule has 1 aliphatic rings. The van der Waals surface area contributed by atoms with Crippen molar-refractivity contribution < 1.29 is 0 Å². The van der Waals surface area contributed by atoms with Crippen LogP contribution in [0.3, 0.4) is 0 Å². The van der Waals surface area contributed by atoms with Gasteiger partial charge in [0.2, 0.25) is 5.56 Å². The van der Waals surface area contributed by atoms with Crippen molar-refractivity contribution in [1.29, 1.82) is 0 Å². The topological polar surface area (TPSA) is 56.9 Å². The lowest BCUT2D eigenvalue weighted by molar-refractivity contribution is 0.414. The number of aromatic nitrogens is 1. The predicted octanol–water partition coefficient (Wildman–Crippen LogP) is -0.0438. The third kappa shape index (κ3) is 1.86. The van der Waals surface area contributed by atoms with E-state index in [0.29, 0.717) is 6.04 Å². The van der Waals surface area contributed by atoms with Crippen LogP contribution in [0.4, 0.5) is 0 Å². The van der Waals surface area contributed by atoms with Gasteiger partial charge in [-0.3, -0.25) is 15.6 Å². The summed E-state index contributed by atoms with van der Waals surface area (Å²) in [5.74, 6) is 0. The molecule has 1 aliphatic carbocycles. The molecule has 4 nitrogen and oxygen atoms in total. The Morgan fingerprint density at radius 1 is 1.50 bits per heavy atom. The van der Waals surface area contributed by atoms with Crippen molar-refractivity contribution in [3.63, 3.8) is 0 Å². The number of H-pyrrole nitrogens is 1. The Labute approximate surface area is 82.7 Å². The van der Waals surface area contributed by atoms with E-state index in [1.54, 1.807) is 6.07 Å². The maximum Gasteiger partial charge on any atom is 0.248 e. The number of hydrogen-bond acceptors (Lipinski definition) is 3. The quantitative estimate of drug-likeness (QED) is 0.577. The fraction of sp³-hybridized carbons (Fsp3) is 0.500. The molecule has 1 atom stereocenters. The van der Waals surface area contributed by atoms with Crippen molar-refractivity contribution in [3.05, 3.63) is 33.7 Å². The van der Waals surface area contributed by atoms with Gasteiger partial charge in [0.1, 0.15) is 0 Å². The maximum atomic E-state index is 11.1. The largest absolute Gasteiger partial charge is 0.326 e. The van der Waals surface area contributed by atoms with Gasteiger partial charge in [-0.2, -0.15) is 0 Å². The number of fused-ring (bicyclic) bond motifs is 1. The Balaban J connectivity index is 2.19. The second-order valence-electron chi connectivity index (χ2n) is 3.66. The first-order chi connectivity index (χ1) is 6.79. The molecule has 3 N–H and O–H groups in total. The zero-order chi connectivity index (χ0) is 9.97. The Hall–Kier alpha value is -1.13. The highest BCUT2D eigenvalue weighted by atomic mass is 16.1. The van der Waals surface area contributed by atoms with Crippen molar-refractivity contribution >= 4 is 0 Å². The Morgan fingerprint density at radius 3 is 3.14 bits per heavy atom. The Morgan fingerprint density at radius 2 is 2.36 bits per heavy atom. The molecule has 0 aliphatic heterocycles. The van der Waals surface area contributed by atoms with Gasteiger partial charge in [-0.05, 0) is 31.9 Å². The summed E-state index contributed by atoms with van der Waals surface area (Å²) in [6.07, 6.45) is 2.99. The van der Waals surface area contributed by atoms with E-state index in [0.717, 1.165) is 25.0 Å². The van der Waals surface area contributed by atoms with Crippen LogP contribution in [-0.2, 0) is 12.8 Å². The van der Waals surface area contributed by atoms with Crippen LogP contribution in [0.1, 0.15) is 17.7 Å². The zero-order valence-electron chi connectivity index (χ0n) is 8.26. The molecule has 0 radical (unpaired) electrons.